The van der Waals surface area contributed by atoms with Gasteiger partial charge in [0.15, 0.2) is 11.1 Å². The van der Waals surface area contributed by atoms with E-state index in [2.05, 4.69) is 15.9 Å². The third kappa shape index (κ3) is 5.80. The summed E-state index contributed by atoms with van der Waals surface area (Å²) >= 11 is 3.40. The minimum Gasteiger partial charge on any atom is -0.463 e. The minimum absolute atomic E-state index is 0.122. The van der Waals surface area contributed by atoms with Crippen LogP contribution in [-0.4, -0.2) is 41.9 Å². The second-order valence-electron chi connectivity index (χ2n) is 6.02. The summed E-state index contributed by atoms with van der Waals surface area (Å²) in [5.74, 6) is -0.913. The van der Waals surface area contributed by atoms with Crippen LogP contribution in [-0.2, 0) is 35.1 Å². The number of carbonyl (C=O) groups is 2. The van der Waals surface area contributed by atoms with Gasteiger partial charge in [-0.25, -0.2) is 0 Å². The molecule has 5 atom stereocenters. The van der Waals surface area contributed by atoms with Crippen LogP contribution >= 0.6 is 15.9 Å². The molecule has 0 bridgehead atoms. The first kappa shape index (κ1) is 19.9. The molecule has 1 heterocycles. The molecule has 1 aliphatic heterocycles. The predicted octanol–water partition coefficient (Wildman–Crippen LogP) is 2.82. The molecule has 6 nitrogen and oxygen atoms in total. The van der Waals surface area contributed by atoms with Crippen LogP contribution < -0.4 is 0 Å². The summed E-state index contributed by atoms with van der Waals surface area (Å²) in [5.41, 5.74) is 1.02. The average molecular weight is 415 g/mol. The van der Waals surface area contributed by atoms with Gasteiger partial charge >= 0.3 is 11.9 Å². The second-order valence-corrected chi connectivity index (χ2v) is 6.93. The highest BCUT2D eigenvalue weighted by molar-refractivity contribution is 9.09. The quantitative estimate of drug-likeness (QED) is 0.526. The molecule has 0 spiro atoms. The van der Waals surface area contributed by atoms with E-state index in [1.165, 1.54) is 13.8 Å². The van der Waals surface area contributed by atoms with Gasteiger partial charge in [-0.3, -0.25) is 9.59 Å². The summed E-state index contributed by atoms with van der Waals surface area (Å²) in [6, 6.07) is 9.74. The van der Waals surface area contributed by atoms with Crippen molar-refractivity contribution in [3.05, 3.63) is 35.9 Å². The van der Waals surface area contributed by atoms with E-state index in [9.17, 15) is 9.59 Å². The largest absolute Gasteiger partial charge is 0.463 e. The molecule has 0 aromatic heterocycles. The van der Waals surface area contributed by atoms with Gasteiger partial charge in [-0.2, -0.15) is 0 Å². The fourth-order valence-corrected chi connectivity index (χ4v) is 3.43. The Hall–Kier alpha value is -1.44. The Morgan fingerprint density at radius 3 is 2.40 bits per heavy atom. The van der Waals surface area contributed by atoms with Gasteiger partial charge in [0.1, 0.15) is 12.7 Å². The monoisotopic (exact) mass is 414 g/mol. The second kappa shape index (κ2) is 9.31. The summed E-state index contributed by atoms with van der Waals surface area (Å²) in [6.07, 6.45) is -1.35. The van der Waals surface area contributed by atoms with Crippen LogP contribution in [0.15, 0.2) is 30.3 Å². The highest BCUT2D eigenvalue weighted by atomic mass is 79.9. The average Bonchev–Trinajstić information content (AvgIpc) is 2.56. The van der Waals surface area contributed by atoms with Gasteiger partial charge in [-0.1, -0.05) is 53.2 Å². The van der Waals surface area contributed by atoms with Crippen molar-refractivity contribution in [3.63, 3.8) is 0 Å². The van der Waals surface area contributed by atoms with Crippen molar-refractivity contribution in [2.45, 2.75) is 50.7 Å². The topological polar surface area (TPSA) is 71.1 Å². The maximum Gasteiger partial charge on any atom is 0.303 e. The van der Waals surface area contributed by atoms with Crippen LogP contribution in [0.3, 0.4) is 0 Å². The standard InChI is InChI=1S/C18H23BrO6/c1-11-15(10-22-12(2)20)25-18(19)17(24-13(3)21)16(11)23-9-14-7-5-4-6-8-14/h4-8,11,15-18H,9-10H2,1-3H3. The van der Waals surface area contributed by atoms with E-state index in [1.807, 2.05) is 37.3 Å². The summed E-state index contributed by atoms with van der Waals surface area (Å²) in [4.78, 5) is 22.5. The number of rotatable bonds is 6. The lowest BCUT2D eigenvalue weighted by molar-refractivity contribution is -0.213. The molecule has 0 radical (unpaired) electrons. The Bertz CT molecular complexity index is 578. The lowest BCUT2D eigenvalue weighted by Gasteiger charge is -2.42. The zero-order chi connectivity index (χ0) is 18.4. The van der Waals surface area contributed by atoms with E-state index in [0.29, 0.717) is 6.61 Å². The zero-order valence-corrected chi connectivity index (χ0v) is 16.1. The molecule has 1 aromatic carbocycles. The first-order valence-corrected chi connectivity index (χ1v) is 9.05. The number of carbonyl (C=O) groups excluding carboxylic acids is 2. The zero-order valence-electron chi connectivity index (χ0n) is 14.5. The Morgan fingerprint density at radius 1 is 1.12 bits per heavy atom. The molecule has 0 N–H and O–H groups in total. The van der Waals surface area contributed by atoms with Crippen molar-refractivity contribution < 1.29 is 28.5 Å². The predicted molar refractivity (Wildman–Crippen MR) is 94.0 cm³/mol. The number of hydrogen-bond donors (Lipinski definition) is 0. The fraction of sp³-hybridized carbons (Fsp3) is 0.556. The Balaban J connectivity index is 2.10. The summed E-state index contributed by atoms with van der Waals surface area (Å²) < 4.78 is 22.4. The van der Waals surface area contributed by atoms with E-state index < -0.39 is 23.2 Å². The molecule has 1 aliphatic rings. The summed E-state index contributed by atoms with van der Waals surface area (Å²) in [5, 5.41) is -0.547. The minimum atomic E-state index is -0.593. The molecule has 1 fully saturated rings. The molecule has 25 heavy (non-hydrogen) atoms. The number of hydrogen-bond acceptors (Lipinski definition) is 6. The van der Waals surface area contributed by atoms with Crippen molar-refractivity contribution in [3.8, 4) is 0 Å². The van der Waals surface area contributed by atoms with E-state index in [4.69, 9.17) is 18.9 Å². The van der Waals surface area contributed by atoms with Gasteiger partial charge in [0.25, 0.3) is 0 Å². The lowest BCUT2D eigenvalue weighted by Crippen LogP contribution is -2.55. The molecule has 7 heteroatoms. The molecule has 0 saturated carbocycles. The summed E-state index contributed by atoms with van der Waals surface area (Å²) in [6.45, 7) is 5.14. The molecular formula is C18H23BrO6. The van der Waals surface area contributed by atoms with E-state index in [1.54, 1.807) is 0 Å². The van der Waals surface area contributed by atoms with E-state index >= 15 is 0 Å². The molecule has 1 saturated heterocycles. The number of alkyl halides is 1. The third-order valence-electron chi connectivity index (χ3n) is 4.03. The highest BCUT2D eigenvalue weighted by Gasteiger charge is 2.46. The van der Waals surface area contributed by atoms with Crippen molar-refractivity contribution >= 4 is 27.9 Å². The van der Waals surface area contributed by atoms with Crippen LogP contribution in [0.5, 0.6) is 0 Å². The van der Waals surface area contributed by atoms with Crippen molar-refractivity contribution in [2.24, 2.45) is 5.92 Å². The van der Waals surface area contributed by atoms with Crippen LogP contribution in [0.2, 0.25) is 0 Å². The first-order chi connectivity index (χ1) is 11.9. The third-order valence-corrected chi connectivity index (χ3v) is 4.77. The van der Waals surface area contributed by atoms with Gasteiger partial charge in [0.2, 0.25) is 0 Å². The van der Waals surface area contributed by atoms with Crippen LogP contribution in [0.1, 0.15) is 26.3 Å². The SMILES string of the molecule is CC(=O)OCC1OC(Br)C(OC(C)=O)C(OCc2ccccc2)C1C. The van der Waals surface area contributed by atoms with Crippen molar-refractivity contribution in [1.82, 2.24) is 0 Å². The molecule has 0 amide bonds. The Labute approximate surface area is 155 Å². The van der Waals surface area contributed by atoms with Crippen LogP contribution in [0, 0.1) is 5.92 Å². The van der Waals surface area contributed by atoms with Crippen molar-refractivity contribution in [2.75, 3.05) is 6.61 Å². The number of benzene rings is 1. The molecule has 5 unspecified atom stereocenters. The Kier molecular flexibility index (Phi) is 7.40. The Morgan fingerprint density at radius 2 is 1.80 bits per heavy atom. The van der Waals surface area contributed by atoms with Gasteiger partial charge in [-0.15, -0.1) is 0 Å². The van der Waals surface area contributed by atoms with Gasteiger partial charge in [0.05, 0.1) is 12.7 Å². The van der Waals surface area contributed by atoms with Crippen molar-refractivity contribution in [1.29, 1.82) is 0 Å². The fourth-order valence-electron chi connectivity index (χ4n) is 2.74. The van der Waals surface area contributed by atoms with Crippen LogP contribution in [0.25, 0.3) is 0 Å². The van der Waals surface area contributed by atoms with Crippen LogP contribution in [0.4, 0.5) is 0 Å². The van der Waals surface area contributed by atoms with Gasteiger partial charge in [-0.05, 0) is 5.56 Å². The van der Waals surface area contributed by atoms with E-state index in [-0.39, 0.29) is 24.6 Å². The number of esters is 2. The highest BCUT2D eigenvalue weighted by Crippen LogP contribution is 2.33. The maximum absolute atomic E-state index is 11.5. The van der Waals surface area contributed by atoms with Gasteiger partial charge < -0.3 is 18.9 Å². The number of halogens is 1. The summed E-state index contributed by atoms with van der Waals surface area (Å²) in [7, 11) is 0. The normalized spacial score (nSPS) is 29.0. The molecule has 0 aliphatic carbocycles. The van der Waals surface area contributed by atoms with E-state index in [0.717, 1.165) is 5.56 Å². The lowest BCUT2D eigenvalue weighted by atomic mass is 9.91. The van der Waals surface area contributed by atoms with Gasteiger partial charge in [0, 0.05) is 19.8 Å². The smallest absolute Gasteiger partial charge is 0.303 e. The molecular weight excluding hydrogens is 392 g/mol. The molecule has 1 aromatic rings. The molecule has 2 rings (SSSR count). The molecule has 138 valence electrons. The maximum atomic E-state index is 11.5. The first-order valence-electron chi connectivity index (χ1n) is 8.14. The number of ether oxygens (including phenoxy) is 4.